The van der Waals surface area contributed by atoms with Crippen molar-refractivity contribution in [1.29, 1.82) is 0 Å². The number of piperidine rings is 1. The van der Waals surface area contributed by atoms with Crippen LogP contribution in [0.3, 0.4) is 0 Å². The first kappa shape index (κ1) is 17.2. The van der Waals surface area contributed by atoms with Gasteiger partial charge in [-0.25, -0.2) is 4.39 Å². The lowest BCUT2D eigenvalue weighted by atomic mass is 9.96. The van der Waals surface area contributed by atoms with Gasteiger partial charge in [0.1, 0.15) is 5.82 Å². The molecular formula is C18H26FN3O2. The topological polar surface area (TPSA) is 58.8 Å². The van der Waals surface area contributed by atoms with Gasteiger partial charge in [0.15, 0.2) is 0 Å². The molecule has 0 spiro atoms. The maximum Gasteiger partial charge on any atom is 0.254 e. The number of carbonyl (C=O) groups excluding carboxylic acids is 1. The van der Waals surface area contributed by atoms with Crippen LogP contribution >= 0.6 is 0 Å². The van der Waals surface area contributed by atoms with Gasteiger partial charge in [-0.3, -0.25) is 4.79 Å². The van der Waals surface area contributed by atoms with Crippen LogP contribution in [-0.2, 0) is 4.74 Å². The van der Waals surface area contributed by atoms with Crippen molar-refractivity contribution in [2.75, 3.05) is 37.7 Å². The van der Waals surface area contributed by atoms with Crippen molar-refractivity contribution in [3.8, 4) is 0 Å². The molecule has 2 fully saturated rings. The molecule has 1 aromatic carbocycles. The summed E-state index contributed by atoms with van der Waals surface area (Å²) < 4.78 is 19.8. The zero-order chi connectivity index (χ0) is 17.1. The third kappa shape index (κ3) is 3.54. The number of rotatable bonds is 3. The number of morpholine rings is 1. The highest BCUT2D eigenvalue weighted by molar-refractivity contribution is 5.95. The molecule has 2 saturated heterocycles. The summed E-state index contributed by atoms with van der Waals surface area (Å²) in [5.74, 6) is -0.471. The quantitative estimate of drug-likeness (QED) is 0.918. The fourth-order valence-corrected chi connectivity index (χ4v) is 3.62. The minimum absolute atomic E-state index is 0.0354. The second-order valence-electron chi connectivity index (χ2n) is 6.69. The highest BCUT2D eigenvalue weighted by atomic mass is 19.1. The molecule has 0 aliphatic carbocycles. The van der Waals surface area contributed by atoms with E-state index in [1.807, 2.05) is 16.7 Å². The number of amides is 1. The molecule has 2 atom stereocenters. The van der Waals surface area contributed by atoms with Crippen LogP contribution in [0.4, 0.5) is 10.1 Å². The Morgan fingerprint density at radius 1 is 1.29 bits per heavy atom. The van der Waals surface area contributed by atoms with Gasteiger partial charge in [0.25, 0.3) is 5.91 Å². The Balaban J connectivity index is 1.78. The lowest BCUT2D eigenvalue weighted by molar-refractivity contribution is 0.0583. The van der Waals surface area contributed by atoms with Crippen molar-refractivity contribution in [3.63, 3.8) is 0 Å². The number of halogens is 1. The largest absolute Gasteiger partial charge is 0.378 e. The first-order valence-electron chi connectivity index (χ1n) is 8.76. The molecule has 1 aromatic rings. The smallest absolute Gasteiger partial charge is 0.254 e. The average molecular weight is 335 g/mol. The second kappa shape index (κ2) is 7.49. The summed E-state index contributed by atoms with van der Waals surface area (Å²) in [6.45, 7) is 5.16. The third-order valence-corrected chi connectivity index (χ3v) is 4.96. The van der Waals surface area contributed by atoms with Gasteiger partial charge in [-0.2, -0.15) is 0 Å². The Morgan fingerprint density at radius 3 is 2.71 bits per heavy atom. The van der Waals surface area contributed by atoms with Crippen molar-refractivity contribution in [2.24, 2.45) is 5.73 Å². The maximum atomic E-state index is 14.5. The summed E-state index contributed by atoms with van der Waals surface area (Å²) in [4.78, 5) is 16.6. The lowest BCUT2D eigenvalue weighted by Crippen LogP contribution is -2.51. The van der Waals surface area contributed by atoms with E-state index in [4.69, 9.17) is 10.5 Å². The van der Waals surface area contributed by atoms with Crippen LogP contribution in [0.5, 0.6) is 0 Å². The Kier molecular flexibility index (Phi) is 5.36. The third-order valence-electron chi connectivity index (χ3n) is 4.96. The summed E-state index contributed by atoms with van der Waals surface area (Å²) in [5, 5.41) is 0. The summed E-state index contributed by atoms with van der Waals surface area (Å²) in [5.41, 5.74) is 6.98. The van der Waals surface area contributed by atoms with Gasteiger partial charge in [-0.15, -0.1) is 0 Å². The fraction of sp³-hybridized carbons (Fsp3) is 0.611. The summed E-state index contributed by atoms with van der Waals surface area (Å²) in [6, 6.07) is 4.75. The standard InChI is InChI=1S/C18H26FN3O2/c1-13(20)16-4-2-3-7-22(16)18(23)14-5-6-17(15(19)12-14)21-8-10-24-11-9-21/h5-6,12-13,16H,2-4,7-11,20H2,1H3/t13-,16-/m1/s1. The molecule has 3 rings (SSSR count). The number of carbonyl (C=O) groups is 1. The van der Waals surface area contributed by atoms with Crippen LogP contribution in [0.15, 0.2) is 18.2 Å². The number of hydrogen-bond acceptors (Lipinski definition) is 4. The van der Waals surface area contributed by atoms with E-state index < -0.39 is 0 Å². The number of ether oxygens (including phenoxy) is 1. The minimum atomic E-state index is -0.350. The molecule has 2 aliphatic heterocycles. The molecule has 0 bridgehead atoms. The zero-order valence-corrected chi connectivity index (χ0v) is 14.2. The number of nitrogens with two attached hydrogens (primary N) is 1. The Hall–Kier alpha value is -1.66. The monoisotopic (exact) mass is 335 g/mol. The van der Waals surface area contributed by atoms with Crippen LogP contribution < -0.4 is 10.6 Å². The van der Waals surface area contributed by atoms with E-state index in [0.29, 0.717) is 44.1 Å². The van der Waals surface area contributed by atoms with Crippen LogP contribution in [0, 0.1) is 5.82 Å². The first-order chi connectivity index (χ1) is 11.6. The number of nitrogens with zero attached hydrogens (tertiary/aromatic N) is 2. The van der Waals surface area contributed by atoms with Gasteiger partial charge in [0.2, 0.25) is 0 Å². The zero-order valence-electron chi connectivity index (χ0n) is 14.2. The number of likely N-dealkylation sites (tertiary alicyclic amines) is 1. The van der Waals surface area contributed by atoms with Crippen molar-refractivity contribution >= 4 is 11.6 Å². The number of hydrogen-bond donors (Lipinski definition) is 1. The molecule has 5 nitrogen and oxygen atoms in total. The average Bonchev–Trinajstić information content (AvgIpc) is 2.61. The van der Waals surface area contributed by atoms with E-state index >= 15 is 0 Å². The highest BCUT2D eigenvalue weighted by Gasteiger charge is 2.30. The second-order valence-corrected chi connectivity index (χ2v) is 6.69. The van der Waals surface area contributed by atoms with Gasteiger partial charge in [-0.05, 0) is 44.4 Å². The van der Waals surface area contributed by atoms with Crippen molar-refractivity contribution in [3.05, 3.63) is 29.6 Å². The summed E-state index contributed by atoms with van der Waals surface area (Å²) in [6.07, 6.45) is 2.97. The van der Waals surface area contributed by atoms with Gasteiger partial charge in [-0.1, -0.05) is 0 Å². The Morgan fingerprint density at radius 2 is 2.04 bits per heavy atom. The highest BCUT2D eigenvalue weighted by Crippen LogP contribution is 2.25. The van der Waals surface area contributed by atoms with E-state index in [1.54, 1.807) is 12.1 Å². The van der Waals surface area contributed by atoms with E-state index in [2.05, 4.69) is 0 Å². The van der Waals surface area contributed by atoms with Gasteiger partial charge in [0.05, 0.1) is 18.9 Å². The first-order valence-corrected chi connectivity index (χ1v) is 8.76. The van der Waals surface area contributed by atoms with Crippen LogP contribution in [0.25, 0.3) is 0 Å². The van der Waals surface area contributed by atoms with Gasteiger partial charge >= 0.3 is 0 Å². The Labute approximate surface area is 142 Å². The van der Waals surface area contributed by atoms with Crippen molar-refractivity contribution < 1.29 is 13.9 Å². The number of anilines is 1. The maximum absolute atomic E-state index is 14.5. The predicted octanol–water partition coefficient (Wildman–Crippen LogP) is 2.00. The summed E-state index contributed by atoms with van der Waals surface area (Å²) >= 11 is 0. The van der Waals surface area contributed by atoms with E-state index in [0.717, 1.165) is 19.3 Å². The van der Waals surface area contributed by atoms with Crippen molar-refractivity contribution in [2.45, 2.75) is 38.3 Å². The van der Waals surface area contributed by atoms with E-state index in [1.165, 1.54) is 6.07 Å². The molecule has 1 amide bonds. The fourth-order valence-electron chi connectivity index (χ4n) is 3.62. The molecule has 2 heterocycles. The molecule has 2 N–H and O–H groups in total. The summed E-state index contributed by atoms with van der Waals surface area (Å²) in [7, 11) is 0. The SMILES string of the molecule is C[C@@H](N)[C@H]1CCCCN1C(=O)c1ccc(N2CCOCC2)c(F)c1. The normalized spacial score (nSPS) is 23.2. The lowest BCUT2D eigenvalue weighted by Gasteiger charge is -2.38. The van der Waals surface area contributed by atoms with Crippen LogP contribution in [0.1, 0.15) is 36.5 Å². The molecule has 0 radical (unpaired) electrons. The molecule has 24 heavy (non-hydrogen) atoms. The Bertz CT molecular complexity index is 588. The van der Waals surface area contributed by atoms with Crippen LogP contribution in [0.2, 0.25) is 0 Å². The van der Waals surface area contributed by atoms with Crippen molar-refractivity contribution in [1.82, 2.24) is 4.90 Å². The molecule has 0 unspecified atom stereocenters. The molecule has 0 aromatic heterocycles. The number of benzene rings is 1. The van der Waals surface area contributed by atoms with Gasteiger partial charge < -0.3 is 20.3 Å². The van der Waals surface area contributed by atoms with E-state index in [-0.39, 0.29) is 23.8 Å². The molecule has 132 valence electrons. The molecule has 6 heteroatoms. The predicted molar refractivity (Wildman–Crippen MR) is 91.8 cm³/mol. The van der Waals surface area contributed by atoms with Gasteiger partial charge in [0, 0.05) is 37.3 Å². The minimum Gasteiger partial charge on any atom is -0.378 e. The van der Waals surface area contributed by atoms with Crippen LogP contribution in [-0.4, -0.2) is 55.7 Å². The van der Waals surface area contributed by atoms with E-state index in [9.17, 15) is 9.18 Å². The molecule has 2 aliphatic rings. The molecular weight excluding hydrogens is 309 g/mol. The molecule has 0 saturated carbocycles.